The molecule has 1 N–H and O–H groups in total. The highest BCUT2D eigenvalue weighted by atomic mass is 35.5. The van der Waals surface area contributed by atoms with Gasteiger partial charge in [-0.1, -0.05) is 17.7 Å². The lowest BCUT2D eigenvalue weighted by Crippen LogP contribution is -2.44. The summed E-state index contributed by atoms with van der Waals surface area (Å²) in [7, 11) is 0. The van der Waals surface area contributed by atoms with Crippen molar-refractivity contribution in [1.82, 2.24) is 0 Å². The summed E-state index contributed by atoms with van der Waals surface area (Å²) in [6.07, 6.45) is -0.149. The number of urea groups is 1. The third-order valence-electron chi connectivity index (χ3n) is 3.65. The summed E-state index contributed by atoms with van der Waals surface area (Å²) in [5, 5.41) is 3.22. The van der Waals surface area contributed by atoms with Gasteiger partial charge in [0.2, 0.25) is 0 Å². The average Bonchev–Trinajstić information content (AvgIpc) is 2.50. The van der Waals surface area contributed by atoms with Gasteiger partial charge in [0.25, 0.3) is 0 Å². The number of nitrogens with zero attached hydrogens (tertiary/aromatic N) is 1. The van der Waals surface area contributed by atoms with Gasteiger partial charge in [0.05, 0.1) is 12.2 Å². The first kappa shape index (κ1) is 15.6. The number of halogens is 2. The standard InChI is InChI=1S/C17H16ClFN2O2/c1-10-3-5-13(8-14(10)19)20-17(22)21-9-11(2)23-16-6-4-12(18)7-15(16)21/h3-8,11H,9H2,1-2H3,(H,20,22). The Balaban J connectivity index is 1.87. The van der Waals surface area contributed by atoms with E-state index in [1.807, 2.05) is 6.92 Å². The van der Waals surface area contributed by atoms with Crippen LogP contribution in [0.15, 0.2) is 36.4 Å². The van der Waals surface area contributed by atoms with Crippen LogP contribution < -0.4 is 15.0 Å². The van der Waals surface area contributed by atoms with E-state index in [2.05, 4.69) is 5.32 Å². The van der Waals surface area contributed by atoms with Crippen LogP contribution in [0.5, 0.6) is 5.75 Å². The molecule has 0 saturated heterocycles. The highest BCUT2D eigenvalue weighted by molar-refractivity contribution is 6.31. The Kier molecular flexibility index (Phi) is 4.13. The zero-order valence-electron chi connectivity index (χ0n) is 12.8. The fraction of sp³-hybridized carbons (Fsp3) is 0.235. The molecular weight excluding hydrogens is 319 g/mol. The fourth-order valence-corrected chi connectivity index (χ4v) is 2.63. The summed E-state index contributed by atoms with van der Waals surface area (Å²) in [6, 6.07) is 9.36. The molecule has 3 rings (SSSR count). The Morgan fingerprint density at radius 2 is 2.13 bits per heavy atom. The monoisotopic (exact) mass is 334 g/mol. The van der Waals surface area contributed by atoms with Gasteiger partial charge in [-0.2, -0.15) is 0 Å². The normalized spacial score (nSPS) is 16.5. The number of carbonyl (C=O) groups excluding carboxylic acids is 1. The fourth-order valence-electron chi connectivity index (χ4n) is 2.46. The van der Waals surface area contributed by atoms with Gasteiger partial charge in [0.15, 0.2) is 0 Å². The molecule has 2 aromatic carbocycles. The Hall–Kier alpha value is -2.27. The van der Waals surface area contributed by atoms with Gasteiger partial charge in [-0.3, -0.25) is 4.90 Å². The SMILES string of the molecule is Cc1ccc(NC(=O)N2CC(C)Oc3ccc(Cl)cc32)cc1F. The van der Waals surface area contributed by atoms with E-state index in [0.29, 0.717) is 34.3 Å². The van der Waals surface area contributed by atoms with Gasteiger partial charge in [0, 0.05) is 10.7 Å². The molecule has 0 saturated carbocycles. The minimum atomic E-state index is -0.360. The molecule has 120 valence electrons. The largest absolute Gasteiger partial charge is 0.487 e. The van der Waals surface area contributed by atoms with Gasteiger partial charge in [-0.25, -0.2) is 9.18 Å². The predicted octanol–water partition coefficient (Wildman–Crippen LogP) is 4.61. The maximum absolute atomic E-state index is 13.6. The van der Waals surface area contributed by atoms with Crippen LogP contribution in [-0.2, 0) is 0 Å². The van der Waals surface area contributed by atoms with E-state index in [1.54, 1.807) is 42.2 Å². The number of hydrogen-bond acceptors (Lipinski definition) is 2. The Bertz CT molecular complexity index is 766. The number of amides is 2. The van der Waals surface area contributed by atoms with Crippen LogP contribution in [0, 0.1) is 12.7 Å². The van der Waals surface area contributed by atoms with Crippen molar-refractivity contribution in [1.29, 1.82) is 0 Å². The number of carbonyl (C=O) groups is 1. The first-order valence-corrected chi connectivity index (χ1v) is 7.62. The number of nitrogens with one attached hydrogen (secondary N) is 1. The maximum Gasteiger partial charge on any atom is 0.326 e. The van der Waals surface area contributed by atoms with Crippen LogP contribution >= 0.6 is 11.6 Å². The van der Waals surface area contributed by atoms with E-state index in [-0.39, 0.29) is 18.0 Å². The molecule has 2 amide bonds. The van der Waals surface area contributed by atoms with Crippen molar-refractivity contribution in [3.8, 4) is 5.75 Å². The molecule has 2 aromatic rings. The van der Waals surface area contributed by atoms with E-state index >= 15 is 0 Å². The summed E-state index contributed by atoms with van der Waals surface area (Å²) >= 11 is 6.02. The molecule has 1 unspecified atom stereocenters. The minimum Gasteiger partial charge on any atom is -0.487 e. The number of ether oxygens (including phenoxy) is 1. The van der Waals surface area contributed by atoms with E-state index in [4.69, 9.17) is 16.3 Å². The third-order valence-corrected chi connectivity index (χ3v) is 3.88. The number of fused-ring (bicyclic) bond motifs is 1. The number of hydrogen-bond donors (Lipinski definition) is 1. The maximum atomic E-state index is 13.6. The molecule has 1 atom stereocenters. The first-order valence-electron chi connectivity index (χ1n) is 7.25. The van der Waals surface area contributed by atoms with E-state index in [0.717, 1.165) is 0 Å². The lowest BCUT2D eigenvalue weighted by atomic mass is 10.2. The molecule has 1 aliphatic heterocycles. The van der Waals surface area contributed by atoms with Crippen LogP contribution in [0.4, 0.5) is 20.6 Å². The highest BCUT2D eigenvalue weighted by Gasteiger charge is 2.28. The number of anilines is 2. The van der Waals surface area contributed by atoms with Crippen LogP contribution in [0.2, 0.25) is 5.02 Å². The number of benzene rings is 2. The molecule has 0 aromatic heterocycles. The zero-order chi connectivity index (χ0) is 16.6. The molecule has 6 heteroatoms. The van der Waals surface area contributed by atoms with E-state index < -0.39 is 0 Å². The molecule has 0 fully saturated rings. The molecule has 4 nitrogen and oxygen atoms in total. The van der Waals surface area contributed by atoms with Crippen molar-refractivity contribution in [2.75, 3.05) is 16.8 Å². The summed E-state index contributed by atoms with van der Waals surface area (Å²) < 4.78 is 19.3. The second-order valence-corrected chi connectivity index (χ2v) is 5.98. The molecular formula is C17H16ClFN2O2. The number of aryl methyl sites for hydroxylation is 1. The molecule has 1 aliphatic rings. The Labute approximate surface area is 138 Å². The second-order valence-electron chi connectivity index (χ2n) is 5.55. The van der Waals surface area contributed by atoms with Crippen LogP contribution in [0.1, 0.15) is 12.5 Å². The van der Waals surface area contributed by atoms with Gasteiger partial charge in [-0.15, -0.1) is 0 Å². The molecule has 1 heterocycles. The quantitative estimate of drug-likeness (QED) is 0.827. The summed E-state index contributed by atoms with van der Waals surface area (Å²) in [4.78, 5) is 14.1. The molecule has 0 spiro atoms. The molecule has 0 radical (unpaired) electrons. The molecule has 23 heavy (non-hydrogen) atoms. The zero-order valence-corrected chi connectivity index (χ0v) is 13.5. The summed E-state index contributed by atoms with van der Waals surface area (Å²) in [5.74, 6) is 0.236. The lowest BCUT2D eigenvalue weighted by Gasteiger charge is -2.33. The summed E-state index contributed by atoms with van der Waals surface area (Å²) in [6.45, 7) is 3.93. The topological polar surface area (TPSA) is 41.6 Å². The van der Waals surface area contributed by atoms with E-state index in [1.165, 1.54) is 6.07 Å². The highest BCUT2D eigenvalue weighted by Crippen LogP contribution is 2.36. The average molecular weight is 335 g/mol. The van der Waals surface area contributed by atoms with Gasteiger partial charge < -0.3 is 10.1 Å². The molecule has 0 aliphatic carbocycles. The van der Waals surface area contributed by atoms with Gasteiger partial charge in [-0.05, 0) is 49.7 Å². The minimum absolute atomic E-state index is 0.149. The van der Waals surface area contributed by atoms with Crippen molar-refractivity contribution in [3.05, 3.63) is 52.8 Å². The summed E-state index contributed by atoms with van der Waals surface area (Å²) in [5.41, 5.74) is 1.53. The van der Waals surface area contributed by atoms with Crippen molar-refractivity contribution in [2.24, 2.45) is 0 Å². The van der Waals surface area contributed by atoms with Crippen LogP contribution in [-0.4, -0.2) is 18.7 Å². The smallest absolute Gasteiger partial charge is 0.326 e. The lowest BCUT2D eigenvalue weighted by molar-refractivity contribution is 0.208. The van der Waals surface area contributed by atoms with Gasteiger partial charge >= 0.3 is 6.03 Å². The Morgan fingerprint density at radius 1 is 1.35 bits per heavy atom. The van der Waals surface area contributed by atoms with E-state index in [9.17, 15) is 9.18 Å². The predicted molar refractivity (Wildman–Crippen MR) is 89.0 cm³/mol. The Morgan fingerprint density at radius 3 is 2.87 bits per heavy atom. The van der Waals surface area contributed by atoms with Crippen molar-refractivity contribution >= 4 is 29.0 Å². The van der Waals surface area contributed by atoms with Crippen LogP contribution in [0.25, 0.3) is 0 Å². The van der Waals surface area contributed by atoms with Gasteiger partial charge in [0.1, 0.15) is 17.7 Å². The second kappa shape index (κ2) is 6.08. The van der Waals surface area contributed by atoms with Crippen molar-refractivity contribution in [3.63, 3.8) is 0 Å². The van der Waals surface area contributed by atoms with Crippen molar-refractivity contribution in [2.45, 2.75) is 20.0 Å². The van der Waals surface area contributed by atoms with Crippen molar-refractivity contribution < 1.29 is 13.9 Å². The molecule has 0 bridgehead atoms. The first-order chi connectivity index (χ1) is 10.9. The van der Waals surface area contributed by atoms with Crippen LogP contribution in [0.3, 0.4) is 0 Å². The third kappa shape index (κ3) is 3.24. The number of rotatable bonds is 1.